The highest BCUT2D eigenvalue weighted by Crippen LogP contribution is 2.45. The zero-order valence-corrected chi connectivity index (χ0v) is 11.9. The molecule has 102 valence electrons. The molecule has 0 radical (unpaired) electrons. The number of aromatic nitrogens is 1. The fraction of sp³-hybridized carbons (Fsp3) is 0.615. The standard InChI is InChI=1S/C13H18N2O.2ClH/c1-3-11-7-15-9-13(11,5-1)10-16-12-4-2-6-14-8-12;;/h2,4,6,8,11,15H,1,3,5,7,9-10H2;2*1H/t11-,13+;;/m1../s1. The Kier molecular flexibility index (Phi) is 5.70. The molecule has 1 aliphatic heterocycles. The molecular weight excluding hydrogens is 271 g/mol. The lowest BCUT2D eigenvalue weighted by Crippen LogP contribution is -2.32. The van der Waals surface area contributed by atoms with Crippen LogP contribution in [-0.2, 0) is 0 Å². The minimum atomic E-state index is 0. The lowest BCUT2D eigenvalue weighted by molar-refractivity contribution is 0.137. The van der Waals surface area contributed by atoms with Gasteiger partial charge in [-0.05, 0) is 37.4 Å². The number of nitrogens with one attached hydrogen (secondary N) is 1. The summed E-state index contributed by atoms with van der Waals surface area (Å²) in [6, 6.07) is 3.90. The van der Waals surface area contributed by atoms with E-state index in [1.807, 2.05) is 12.1 Å². The van der Waals surface area contributed by atoms with Crippen LogP contribution < -0.4 is 10.1 Å². The second-order valence-corrected chi connectivity index (χ2v) is 5.06. The highest BCUT2D eigenvalue weighted by molar-refractivity contribution is 5.85. The van der Waals surface area contributed by atoms with Crippen molar-refractivity contribution in [2.45, 2.75) is 19.3 Å². The van der Waals surface area contributed by atoms with Gasteiger partial charge in [-0.15, -0.1) is 24.8 Å². The summed E-state index contributed by atoms with van der Waals surface area (Å²) in [5, 5.41) is 3.51. The number of ether oxygens (including phenoxy) is 1. The van der Waals surface area contributed by atoms with Crippen LogP contribution in [0.5, 0.6) is 5.75 Å². The average molecular weight is 291 g/mol. The van der Waals surface area contributed by atoms with Crippen LogP contribution in [0.3, 0.4) is 0 Å². The molecular formula is C13H20Cl2N2O. The van der Waals surface area contributed by atoms with Gasteiger partial charge in [-0.3, -0.25) is 4.98 Å². The summed E-state index contributed by atoms with van der Waals surface area (Å²) in [6.45, 7) is 3.14. The molecule has 18 heavy (non-hydrogen) atoms. The van der Waals surface area contributed by atoms with Gasteiger partial charge < -0.3 is 10.1 Å². The van der Waals surface area contributed by atoms with Crippen molar-refractivity contribution in [3.63, 3.8) is 0 Å². The molecule has 2 heterocycles. The molecule has 1 saturated carbocycles. The van der Waals surface area contributed by atoms with E-state index in [4.69, 9.17) is 4.74 Å². The number of hydrogen-bond donors (Lipinski definition) is 1. The van der Waals surface area contributed by atoms with Gasteiger partial charge in [0.15, 0.2) is 0 Å². The van der Waals surface area contributed by atoms with Gasteiger partial charge >= 0.3 is 0 Å². The highest BCUT2D eigenvalue weighted by atomic mass is 35.5. The summed E-state index contributed by atoms with van der Waals surface area (Å²) in [6.07, 6.45) is 7.61. The van der Waals surface area contributed by atoms with Crippen molar-refractivity contribution < 1.29 is 4.74 Å². The van der Waals surface area contributed by atoms with Crippen LogP contribution >= 0.6 is 24.8 Å². The fourth-order valence-electron chi connectivity index (χ4n) is 3.16. The first-order chi connectivity index (χ1) is 7.89. The smallest absolute Gasteiger partial charge is 0.137 e. The Hall–Kier alpha value is -0.510. The average Bonchev–Trinajstić information content (AvgIpc) is 2.87. The molecule has 0 aromatic carbocycles. The van der Waals surface area contributed by atoms with Gasteiger partial charge in [-0.25, -0.2) is 0 Å². The normalized spacial score (nSPS) is 29.0. The topological polar surface area (TPSA) is 34.1 Å². The van der Waals surface area contributed by atoms with Crippen molar-refractivity contribution in [1.82, 2.24) is 10.3 Å². The third kappa shape index (κ3) is 2.90. The van der Waals surface area contributed by atoms with Gasteiger partial charge in [0.05, 0.1) is 12.8 Å². The summed E-state index contributed by atoms with van der Waals surface area (Å²) in [5.41, 5.74) is 0.399. The molecule has 1 N–H and O–H groups in total. The zero-order valence-electron chi connectivity index (χ0n) is 10.3. The van der Waals surface area contributed by atoms with Crippen LogP contribution in [0, 0.1) is 11.3 Å². The van der Waals surface area contributed by atoms with Gasteiger partial charge in [-0.2, -0.15) is 0 Å². The summed E-state index contributed by atoms with van der Waals surface area (Å²) in [7, 11) is 0. The van der Waals surface area contributed by atoms with Crippen molar-refractivity contribution in [3.8, 4) is 5.75 Å². The van der Waals surface area contributed by atoms with Crippen LogP contribution in [0.15, 0.2) is 24.5 Å². The fourth-order valence-corrected chi connectivity index (χ4v) is 3.16. The molecule has 5 heteroatoms. The molecule has 1 aromatic heterocycles. The lowest BCUT2D eigenvalue weighted by atomic mass is 9.82. The maximum atomic E-state index is 5.89. The van der Waals surface area contributed by atoms with Gasteiger partial charge in [0.25, 0.3) is 0 Å². The Labute approximate surface area is 121 Å². The molecule has 2 atom stereocenters. The van der Waals surface area contributed by atoms with Gasteiger partial charge in [0.2, 0.25) is 0 Å². The van der Waals surface area contributed by atoms with Crippen molar-refractivity contribution in [1.29, 1.82) is 0 Å². The Morgan fingerprint density at radius 2 is 2.33 bits per heavy atom. The second kappa shape index (κ2) is 6.60. The van der Waals surface area contributed by atoms with Gasteiger partial charge in [0.1, 0.15) is 5.75 Å². The molecule has 1 aromatic rings. The summed E-state index contributed by atoms with van der Waals surface area (Å²) < 4.78 is 5.89. The molecule has 2 fully saturated rings. The van der Waals surface area contributed by atoms with E-state index >= 15 is 0 Å². The predicted molar refractivity (Wildman–Crippen MR) is 76.9 cm³/mol. The van der Waals surface area contributed by atoms with E-state index in [0.717, 1.165) is 24.8 Å². The SMILES string of the molecule is Cl.Cl.c1cncc(OC[C@@]23CCC[C@@H]2CNC3)c1. The molecule has 0 spiro atoms. The molecule has 0 unspecified atom stereocenters. The van der Waals surface area contributed by atoms with Gasteiger partial charge in [-0.1, -0.05) is 6.42 Å². The molecule has 2 aliphatic rings. The number of rotatable bonds is 3. The van der Waals surface area contributed by atoms with E-state index < -0.39 is 0 Å². The maximum Gasteiger partial charge on any atom is 0.137 e. The number of halogens is 2. The quantitative estimate of drug-likeness (QED) is 0.929. The summed E-state index contributed by atoms with van der Waals surface area (Å²) >= 11 is 0. The largest absolute Gasteiger partial charge is 0.491 e. The Morgan fingerprint density at radius 1 is 1.44 bits per heavy atom. The second-order valence-electron chi connectivity index (χ2n) is 5.06. The maximum absolute atomic E-state index is 5.89. The van der Waals surface area contributed by atoms with Crippen LogP contribution in [-0.4, -0.2) is 24.7 Å². The third-order valence-corrected chi connectivity index (χ3v) is 4.12. The molecule has 3 rings (SSSR count). The van der Waals surface area contributed by atoms with Gasteiger partial charge in [0, 0.05) is 18.2 Å². The van der Waals surface area contributed by atoms with Crippen molar-refractivity contribution in [2.75, 3.05) is 19.7 Å². The molecule has 0 bridgehead atoms. The van der Waals surface area contributed by atoms with E-state index in [0.29, 0.717) is 5.41 Å². The summed E-state index contributed by atoms with van der Waals surface area (Å²) in [4.78, 5) is 4.07. The monoisotopic (exact) mass is 290 g/mol. The van der Waals surface area contributed by atoms with E-state index in [2.05, 4.69) is 10.3 Å². The lowest BCUT2D eigenvalue weighted by Gasteiger charge is -2.28. The van der Waals surface area contributed by atoms with Crippen LogP contribution in [0.25, 0.3) is 0 Å². The Morgan fingerprint density at radius 3 is 3.11 bits per heavy atom. The number of nitrogens with zero attached hydrogens (tertiary/aromatic N) is 1. The zero-order chi connectivity index (χ0) is 10.8. The van der Waals surface area contributed by atoms with Crippen molar-refractivity contribution in [3.05, 3.63) is 24.5 Å². The third-order valence-electron chi connectivity index (χ3n) is 4.12. The minimum absolute atomic E-state index is 0. The molecule has 3 nitrogen and oxygen atoms in total. The molecule has 1 aliphatic carbocycles. The number of hydrogen-bond acceptors (Lipinski definition) is 3. The minimum Gasteiger partial charge on any atom is -0.491 e. The van der Waals surface area contributed by atoms with E-state index in [9.17, 15) is 0 Å². The summed E-state index contributed by atoms with van der Waals surface area (Å²) in [5.74, 6) is 1.72. The first kappa shape index (κ1) is 15.5. The Balaban J connectivity index is 0.000000810. The first-order valence-corrected chi connectivity index (χ1v) is 6.13. The predicted octanol–water partition coefficient (Wildman–Crippen LogP) is 2.69. The van der Waals surface area contributed by atoms with Crippen LogP contribution in [0.1, 0.15) is 19.3 Å². The highest BCUT2D eigenvalue weighted by Gasteiger charge is 2.46. The number of fused-ring (bicyclic) bond motifs is 1. The van der Waals surface area contributed by atoms with E-state index in [1.54, 1.807) is 12.4 Å². The van der Waals surface area contributed by atoms with Crippen LogP contribution in [0.2, 0.25) is 0 Å². The molecule has 1 saturated heterocycles. The Bertz CT molecular complexity index is 351. The first-order valence-electron chi connectivity index (χ1n) is 6.13. The number of pyridine rings is 1. The van der Waals surface area contributed by atoms with Crippen LogP contribution in [0.4, 0.5) is 0 Å². The van der Waals surface area contributed by atoms with E-state index in [1.165, 1.54) is 25.8 Å². The van der Waals surface area contributed by atoms with Crippen molar-refractivity contribution in [2.24, 2.45) is 11.3 Å². The molecule has 0 amide bonds. The van der Waals surface area contributed by atoms with E-state index in [-0.39, 0.29) is 24.8 Å². The van der Waals surface area contributed by atoms with Crippen molar-refractivity contribution >= 4 is 24.8 Å².